The van der Waals surface area contributed by atoms with E-state index in [0.717, 1.165) is 58.3 Å². The fourth-order valence-corrected chi connectivity index (χ4v) is 4.65. The van der Waals surface area contributed by atoms with Gasteiger partial charge in [0.05, 0.1) is 11.2 Å². The van der Waals surface area contributed by atoms with Crippen molar-refractivity contribution >= 4 is 16.8 Å². The maximum absolute atomic E-state index is 13.4. The van der Waals surface area contributed by atoms with Crippen molar-refractivity contribution in [3.05, 3.63) is 53.6 Å². The number of carbonyl (C=O) groups is 1. The number of pyridine rings is 1. The van der Waals surface area contributed by atoms with Crippen LogP contribution in [-0.2, 0) is 20.8 Å². The fourth-order valence-electron chi connectivity index (χ4n) is 4.65. The Morgan fingerprint density at radius 2 is 2.00 bits per heavy atom. The molecule has 2 aliphatic heterocycles. The van der Waals surface area contributed by atoms with Gasteiger partial charge >= 0.3 is 0 Å². The van der Waals surface area contributed by atoms with Gasteiger partial charge in [0.2, 0.25) is 6.79 Å². The molecule has 1 atom stereocenters. The summed E-state index contributed by atoms with van der Waals surface area (Å²) in [6, 6.07) is 14.2. The van der Waals surface area contributed by atoms with Crippen LogP contribution in [0.15, 0.2) is 42.5 Å². The Morgan fingerprint density at radius 3 is 2.76 bits per heavy atom. The SMILES string of the molecule is COCCCN(Cc1cc2cc3c(cc2nc1-c1ccccc1C)OCO3)C(=O)[C@@H]1CCCO1. The van der Waals surface area contributed by atoms with Crippen molar-refractivity contribution in [2.24, 2.45) is 0 Å². The lowest BCUT2D eigenvalue weighted by Gasteiger charge is -2.26. The molecule has 1 saturated heterocycles. The summed E-state index contributed by atoms with van der Waals surface area (Å²) < 4.78 is 22.1. The molecule has 2 aromatic carbocycles. The quantitative estimate of drug-likeness (QED) is 0.460. The van der Waals surface area contributed by atoms with Gasteiger partial charge in [0, 0.05) is 50.4 Å². The van der Waals surface area contributed by atoms with Crippen molar-refractivity contribution in [3.8, 4) is 22.8 Å². The number of benzene rings is 2. The third kappa shape index (κ3) is 4.58. The maximum Gasteiger partial charge on any atom is 0.252 e. The Labute approximate surface area is 199 Å². The number of amides is 1. The van der Waals surface area contributed by atoms with E-state index in [4.69, 9.17) is 23.9 Å². The van der Waals surface area contributed by atoms with Crippen LogP contribution in [0.3, 0.4) is 0 Å². The lowest BCUT2D eigenvalue weighted by Crippen LogP contribution is -2.39. The van der Waals surface area contributed by atoms with Gasteiger partial charge in [-0.1, -0.05) is 24.3 Å². The predicted molar refractivity (Wildman–Crippen MR) is 129 cm³/mol. The first kappa shape index (κ1) is 22.6. The summed E-state index contributed by atoms with van der Waals surface area (Å²) in [5, 5.41) is 0.956. The van der Waals surface area contributed by atoms with Crippen molar-refractivity contribution < 1.29 is 23.7 Å². The summed E-state index contributed by atoms with van der Waals surface area (Å²) in [5.74, 6) is 1.46. The van der Waals surface area contributed by atoms with Gasteiger partial charge in [0.1, 0.15) is 6.10 Å². The highest BCUT2D eigenvalue weighted by Gasteiger charge is 2.29. The van der Waals surface area contributed by atoms with E-state index in [1.807, 2.05) is 29.2 Å². The molecule has 3 aromatic rings. The predicted octanol–water partition coefficient (Wildman–Crippen LogP) is 4.48. The average Bonchev–Trinajstić information content (AvgIpc) is 3.54. The van der Waals surface area contributed by atoms with Crippen molar-refractivity contribution in [3.63, 3.8) is 0 Å². The van der Waals surface area contributed by atoms with E-state index in [2.05, 4.69) is 25.1 Å². The first-order valence-corrected chi connectivity index (χ1v) is 11.8. The van der Waals surface area contributed by atoms with E-state index in [0.29, 0.717) is 32.1 Å². The Hall–Kier alpha value is -3.16. The van der Waals surface area contributed by atoms with Crippen LogP contribution in [0.25, 0.3) is 22.2 Å². The van der Waals surface area contributed by atoms with Crippen LogP contribution in [0.2, 0.25) is 0 Å². The Balaban J connectivity index is 1.57. The van der Waals surface area contributed by atoms with Gasteiger partial charge < -0.3 is 23.8 Å². The number of fused-ring (bicyclic) bond motifs is 2. The number of aromatic nitrogens is 1. The number of aryl methyl sites for hydroxylation is 1. The molecule has 0 N–H and O–H groups in total. The second-order valence-corrected chi connectivity index (χ2v) is 8.82. The molecule has 3 heterocycles. The highest BCUT2D eigenvalue weighted by Crippen LogP contribution is 2.38. The minimum atomic E-state index is -0.369. The highest BCUT2D eigenvalue weighted by atomic mass is 16.7. The maximum atomic E-state index is 13.4. The first-order valence-electron chi connectivity index (χ1n) is 11.8. The molecule has 0 spiro atoms. The molecule has 0 radical (unpaired) electrons. The minimum Gasteiger partial charge on any atom is -0.454 e. The van der Waals surface area contributed by atoms with Gasteiger partial charge in [-0.2, -0.15) is 0 Å². The van der Waals surface area contributed by atoms with Gasteiger partial charge in [-0.15, -0.1) is 0 Å². The molecule has 34 heavy (non-hydrogen) atoms. The normalized spacial score (nSPS) is 16.8. The average molecular weight is 463 g/mol. The molecule has 7 heteroatoms. The second kappa shape index (κ2) is 9.99. The molecule has 0 unspecified atom stereocenters. The molecule has 0 saturated carbocycles. The van der Waals surface area contributed by atoms with Gasteiger partial charge in [0.25, 0.3) is 5.91 Å². The molecule has 0 aliphatic carbocycles. The van der Waals surface area contributed by atoms with E-state index in [1.165, 1.54) is 0 Å². The Bertz CT molecular complexity index is 1190. The molecule has 0 bridgehead atoms. The van der Waals surface area contributed by atoms with Crippen LogP contribution in [0, 0.1) is 6.92 Å². The monoisotopic (exact) mass is 462 g/mol. The van der Waals surface area contributed by atoms with Crippen molar-refractivity contribution in [2.75, 3.05) is 33.7 Å². The number of hydrogen-bond acceptors (Lipinski definition) is 6. The molecule has 7 nitrogen and oxygen atoms in total. The summed E-state index contributed by atoms with van der Waals surface area (Å²) in [7, 11) is 1.68. The van der Waals surface area contributed by atoms with Crippen LogP contribution in [0.1, 0.15) is 30.4 Å². The van der Waals surface area contributed by atoms with E-state index in [1.54, 1.807) is 7.11 Å². The molecular weight excluding hydrogens is 432 g/mol. The number of rotatable bonds is 8. The third-order valence-corrected chi connectivity index (χ3v) is 6.44. The van der Waals surface area contributed by atoms with E-state index in [9.17, 15) is 4.79 Å². The summed E-state index contributed by atoms with van der Waals surface area (Å²) in [6.07, 6.45) is 2.08. The van der Waals surface area contributed by atoms with Crippen LogP contribution in [-0.4, -0.2) is 55.6 Å². The van der Waals surface area contributed by atoms with Crippen molar-refractivity contribution in [1.29, 1.82) is 0 Å². The zero-order chi connectivity index (χ0) is 23.5. The minimum absolute atomic E-state index is 0.0371. The van der Waals surface area contributed by atoms with E-state index in [-0.39, 0.29) is 18.8 Å². The number of carbonyl (C=O) groups excluding carboxylic acids is 1. The smallest absolute Gasteiger partial charge is 0.252 e. The van der Waals surface area contributed by atoms with Crippen LogP contribution in [0.5, 0.6) is 11.5 Å². The summed E-state index contributed by atoms with van der Waals surface area (Å²) in [6.45, 7) is 4.58. The van der Waals surface area contributed by atoms with Gasteiger partial charge in [-0.25, -0.2) is 4.98 Å². The van der Waals surface area contributed by atoms with Gasteiger partial charge in [0.15, 0.2) is 11.5 Å². The van der Waals surface area contributed by atoms with Crippen molar-refractivity contribution in [2.45, 2.75) is 38.8 Å². The zero-order valence-corrected chi connectivity index (χ0v) is 19.7. The van der Waals surface area contributed by atoms with Gasteiger partial charge in [-0.05, 0) is 49.4 Å². The molecule has 1 amide bonds. The van der Waals surface area contributed by atoms with Crippen LogP contribution >= 0.6 is 0 Å². The summed E-state index contributed by atoms with van der Waals surface area (Å²) in [5.41, 5.74) is 4.89. The first-order chi connectivity index (χ1) is 16.6. The van der Waals surface area contributed by atoms with Crippen LogP contribution < -0.4 is 9.47 Å². The molecule has 1 aromatic heterocycles. The third-order valence-electron chi connectivity index (χ3n) is 6.44. The van der Waals surface area contributed by atoms with Gasteiger partial charge in [-0.3, -0.25) is 4.79 Å². The standard InChI is InChI=1S/C27H30N2O5/c1-18-7-3-4-8-21(18)26-20(13-19-14-24-25(34-17-33-24)15-22(19)28-26)16-29(10-6-11-31-2)27(30)23-9-5-12-32-23/h3-4,7-8,13-15,23H,5-6,9-12,16-17H2,1-2H3/t23-/m0/s1. The molecule has 2 aliphatic rings. The summed E-state index contributed by atoms with van der Waals surface area (Å²) >= 11 is 0. The number of methoxy groups -OCH3 is 1. The molecular formula is C27H30N2O5. The molecule has 178 valence electrons. The van der Waals surface area contributed by atoms with E-state index < -0.39 is 0 Å². The van der Waals surface area contributed by atoms with E-state index >= 15 is 0 Å². The fraction of sp³-hybridized carbons (Fsp3) is 0.407. The number of hydrogen-bond donors (Lipinski definition) is 0. The largest absolute Gasteiger partial charge is 0.454 e. The lowest BCUT2D eigenvalue weighted by molar-refractivity contribution is -0.141. The number of ether oxygens (including phenoxy) is 4. The Morgan fingerprint density at radius 1 is 1.18 bits per heavy atom. The Kier molecular flexibility index (Phi) is 6.65. The lowest BCUT2D eigenvalue weighted by atomic mass is 9.98. The molecule has 5 rings (SSSR count). The highest BCUT2D eigenvalue weighted by molar-refractivity contribution is 5.87. The molecule has 1 fully saturated rings. The summed E-state index contributed by atoms with van der Waals surface area (Å²) in [4.78, 5) is 20.3. The number of nitrogens with zero attached hydrogens (tertiary/aromatic N) is 2. The second-order valence-electron chi connectivity index (χ2n) is 8.82. The zero-order valence-electron chi connectivity index (χ0n) is 19.7. The topological polar surface area (TPSA) is 70.1 Å². The van der Waals surface area contributed by atoms with Crippen LogP contribution in [0.4, 0.5) is 0 Å². The van der Waals surface area contributed by atoms with Crippen molar-refractivity contribution in [1.82, 2.24) is 9.88 Å².